The molecule has 1 amide bonds. The SMILES string of the molecule is Cc1ccccc1-c1nc(CN2CCN(C(C)C(=O)NC3CCCC3)CC2)no1. The average Bonchev–Trinajstić information content (AvgIpc) is 3.40. The minimum absolute atomic E-state index is 0.0735. The zero-order chi connectivity index (χ0) is 20.2. The van der Waals surface area contributed by atoms with E-state index in [0.29, 0.717) is 24.3 Å². The predicted molar refractivity (Wildman–Crippen MR) is 111 cm³/mol. The first kappa shape index (κ1) is 20.0. The van der Waals surface area contributed by atoms with Gasteiger partial charge < -0.3 is 9.84 Å². The maximum atomic E-state index is 12.5. The molecule has 7 heteroatoms. The molecule has 1 aliphatic carbocycles. The third-order valence-electron chi connectivity index (χ3n) is 6.24. The molecule has 2 aromatic rings. The number of piperazine rings is 1. The first-order chi connectivity index (χ1) is 14.1. The van der Waals surface area contributed by atoms with Gasteiger partial charge in [-0.1, -0.05) is 36.2 Å². The fraction of sp³-hybridized carbons (Fsp3) is 0.591. The van der Waals surface area contributed by atoms with E-state index in [-0.39, 0.29) is 11.9 Å². The summed E-state index contributed by atoms with van der Waals surface area (Å²) in [7, 11) is 0. The van der Waals surface area contributed by atoms with Crippen LogP contribution >= 0.6 is 0 Å². The highest BCUT2D eigenvalue weighted by Crippen LogP contribution is 2.22. The van der Waals surface area contributed by atoms with Gasteiger partial charge in [0.2, 0.25) is 5.91 Å². The standard InChI is InChI=1S/C22H31N5O2/c1-16-7-3-6-10-19(16)22-24-20(25-29-22)15-26-11-13-27(14-12-26)17(2)21(28)23-18-8-4-5-9-18/h3,6-7,10,17-18H,4-5,8-9,11-15H2,1-2H3,(H,23,28). The number of hydrogen-bond acceptors (Lipinski definition) is 6. The van der Waals surface area contributed by atoms with Crippen LogP contribution in [0.15, 0.2) is 28.8 Å². The monoisotopic (exact) mass is 397 g/mol. The Bertz CT molecular complexity index is 822. The fourth-order valence-electron chi connectivity index (χ4n) is 4.31. The van der Waals surface area contributed by atoms with E-state index >= 15 is 0 Å². The molecule has 1 saturated carbocycles. The predicted octanol–water partition coefficient (Wildman–Crippen LogP) is 2.61. The van der Waals surface area contributed by atoms with Crippen LogP contribution in [0.1, 0.15) is 44.0 Å². The molecule has 1 unspecified atom stereocenters. The molecule has 0 spiro atoms. The van der Waals surface area contributed by atoms with Crippen molar-refractivity contribution in [2.75, 3.05) is 26.2 Å². The molecule has 1 atom stereocenters. The molecular weight excluding hydrogens is 366 g/mol. The van der Waals surface area contributed by atoms with Gasteiger partial charge in [0.25, 0.3) is 5.89 Å². The van der Waals surface area contributed by atoms with Crippen molar-refractivity contribution in [1.82, 2.24) is 25.3 Å². The van der Waals surface area contributed by atoms with Crippen LogP contribution in [0.4, 0.5) is 0 Å². The van der Waals surface area contributed by atoms with E-state index in [2.05, 4.69) is 25.3 Å². The molecule has 2 fully saturated rings. The number of hydrogen-bond donors (Lipinski definition) is 1. The zero-order valence-corrected chi connectivity index (χ0v) is 17.4. The van der Waals surface area contributed by atoms with Crippen molar-refractivity contribution >= 4 is 5.91 Å². The number of aromatic nitrogens is 2. The lowest BCUT2D eigenvalue weighted by Crippen LogP contribution is -2.54. The van der Waals surface area contributed by atoms with Crippen molar-refractivity contribution in [1.29, 1.82) is 0 Å². The van der Waals surface area contributed by atoms with Crippen LogP contribution in [0.2, 0.25) is 0 Å². The highest BCUT2D eigenvalue weighted by atomic mass is 16.5. The molecule has 1 aromatic carbocycles. The highest BCUT2D eigenvalue weighted by molar-refractivity contribution is 5.81. The zero-order valence-electron chi connectivity index (χ0n) is 17.4. The lowest BCUT2D eigenvalue weighted by Gasteiger charge is -2.37. The van der Waals surface area contributed by atoms with E-state index in [1.54, 1.807) is 0 Å². The number of carbonyl (C=O) groups excluding carboxylic acids is 1. The Morgan fingerprint density at radius 1 is 1.21 bits per heavy atom. The topological polar surface area (TPSA) is 74.5 Å². The molecular formula is C22H31N5O2. The normalized spacial score (nSPS) is 20.1. The molecule has 4 rings (SSSR count). The van der Waals surface area contributed by atoms with Crippen molar-refractivity contribution in [3.63, 3.8) is 0 Å². The van der Waals surface area contributed by atoms with Gasteiger partial charge in [-0.15, -0.1) is 0 Å². The van der Waals surface area contributed by atoms with Crippen LogP contribution in [-0.4, -0.2) is 64.1 Å². The minimum Gasteiger partial charge on any atom is -0.352 e. The summed E-state index contributed by atoms with van der Waals surface area (Å²) >= 11 is 0. The Hall–Kier alpha value is -2.25. The molecule has 29 heavy (non-hydrogen) atoms. The van der Waals surface area contributed by atoms with Gasteiger partial charge in [0, 0.05) is 37.8 Å². The van der Waals surface area contributed by atoms with Gasteiger partial charge >= 0.3 is 0 Å². The average molecular weight is 398 g/mol. The van der Waals surface area contributed by atoms with E-state index < -0.39 is 0 Å². The molecule has 0 radical (unpaired) electrons. The number of carbonyl (C=O) groups is 1. The van der Waals surface area contributed by atoms with Gasteiger partial charge in [0.15, 0.2) is 5.82 Å². The smallest absolute Gasteiger partial charge is 0.258 e. The van der Waals surface area contributed by atoms with Crippen molar-refractivity contribution in [3.8, 4) is 11.5 Å². The maximum absolute atomic E-state index is 12.5. The van der Waals surface area contributed by atoms with Gasteiger partial charge in [-0.3, -0.25) is 14.6 Å². The Balaban J connectivity index is 1.27. The molecule has 1 aromatic heterocycles. The number of nitrogens with zero attached hydrogens (tertiary/aromatic N) is 4. The second kappa shape index (κ2) is 9.05. The number of nitrogens with one attached hydrogen (secondary N) is 1. The number of aryl methyl sites for hydroxylation is 1. The lowest BCUT2D eigenvalue weighted by molar-refractivity contribution is -0.127. The Kier molecular flexibility index (Phi) is 6.25. The highest BCUT2D eigenvalue weighted by Gasteiger charge is 2.28. The van der Waals surface area contributed by atoms with Gasteiger partial charge in [-0.2, -0.15) is 4.98 Å². The summed E-state index contributed by atoms with van der Waals surface area (Å²) in [6, 6.07) is 8.34. The number of rotatable bonds is 6. The molecule has 0 bridgehead atoms. The van der Waals surface area contributed by atoms with Crippen LogP contribution in [0.5, 0.6) is 0 Å². The Morgan fingerprint density at radius 2 is 1.93 bits per heavy atom. The van der Waals surface area contributed by atoms with Crippen LogP contribution in [0, 0.1) is 6.92 Å². The van der Waals surface area contributed by atoms with Crippen molar-refractivity contribution < 1.29 is 9.32 Å². The summed E-state index contributed by atoms with van der Waals surface area (Å²) in [6.07, 6.45) is 4.72. The van der Waals surface area contributed by atoms with Gasteiger partial charge in [-0.05, 0) is 38.3 Å². The second-order valence-corrected chi connectivity index (χ2v) is 8.31. The minimum atomic E-state index is -0.0735. The van der Waals surface area contributed by atoms with E-state index in [9.17, 15) is 4.79 Å². The molecule has 156 valence electrons. The van der Waals surface area contributed by atoms with E-state index in [1.165, 1.54) is 12.8 Å². The molecule has 2 heterocycles. The summed E-state index contributed by atoms with van der Waals surface area (Å²) in [5.41, 5.74) is 2.11. The van der Waals surface area contributed by atoms with Crippen molar-refractivity contribution in [2.45, 2.75) is 58.2 Å². The summed E-state index contributed by atoms with van der Waals surface area (Å²) < 4.78 is 5.48. The maximum Gasteiger partial charge on any atom is 0.258 e. The van der Waals surface area contributed by atoms with Crippen LogP contribution in [-0.2, 0) is 11.3 Å². The molecule has 2 aliphatic rings. The van der Waals surface area contributed by atoms with Gasteiger partial charge in [0.05, 0.1) is 12.6 Å². The van der Waals surface area contributed by atoms with Crippen molar-refractivity contribution in [2.24, 2.45) is 0 Å². The van der Waals surface area contributed by atoms with Crippen LogP contribution in [0.25, 0.3) is 11.5 Å². The quantitative estimate of drug-likeness (QED) is 0.808. The number of amides is 1. The fourth-order valence-corrected chi connectivity index (χ4v) is 4.31. The molecule has 1 aliphatic heterocycles. The largest absolute Gasteiger partial charge is 0.352 e. The van der Waals surface area contributed by atoms with Gasteiger partial charge in [-0.25, -0.2) is 0 Å². The third-order valence-corrected chi connectivity index (χ3v) is 6.24. The van der Waals surface area contributed by atoms with E-state index in [0.717, 1.165) is 50.1 Å². The Morgan fingerprint density at radius 3 is 2.66 bits per heavy atom. The molecule has 1 N–H and O–H groups in total. The summed E-state index contributed by atoms with van der Waals surface area (Å²) in [4.78, 5) is 21.7. The van der Waals surface area contributed by atoms with Crippen LogP contribution in [0.3, 0.4) is 0 Å². The first-order valence-electron chi connectivity index (χ1n) is 10.8. The van der Waals surface area contributed by atoms with E-state index in [4.69, 9.17) is 4.52 Å². The molecule has 1 saturated heterocycles. The first-order valence-corrected chi connectivity index (χ1v) is 10.8. The summed E-state index contributed by atoms with van der Waals surface area (Å²) in [5, 5.41) is 7.39. The third kappa shape index (κ3) is 4.85. The summed E-state index contributed by atoms with van der Waals surface area (Å²) in [5.74, 6) is 1.46. The molecule has 7 nitrogen and oxygen atoms in total. The summed E-state index contributed by atoms with van der Waals surface area (Å²) in [6.45, 7) is 8.29. The number of benzene rings is 1. The Labute approximate surface area is 172 Å². The van der Waals surface area contributed by atoms with Crippen LogP contribution < -0.4 is 5.32 Å². The van der Waals surface area contributed by atoms with E-state index in [1.807, 2.05) is 38.1 Å². The lowest BCUT2D eigenvalue weighted by atomic mass is 10.1. The van der Waals surface area contributed by atoms with Crippen molar-refractivity contribution in [3.05, 3.63) is 35.7 Å². The second-order valence-electron chi connectivity index (χ2n) is 8.31. The van der Waals surface area contributed by atoms with Gasteiger partial charge in [0.1, 0.15) is 0 Å².